The van der Waals surface area contributed by atoms with Crippen molar-refractivity contribution in [2.75, 3.05) is 11.5 Å². The number of amides is 2. The van der Waals surface area contributed by atoms with Crippen molar-refractivity contribution in [1.82, 2.24) is 0 Å². The summed E-state index contributed by atoms with van der Waals surface area (Å²) >= 11 is 9.39. The number of anilines is 1. The standard InChI is InChI=1S/C17H13BrClNO5/c1-8(21)24-7-17-5-4-12(25-17)13-14(17)16(23)20(15(13)22)9-2-3-10(18)11(19)6-9/h2-6,12-14H,7H2,1H3/t12-,13+,14-,17-/m1/s1. The van der Waals surface area contributed by atoms with E-state index in [1.54, 1.807) is 30.4 Å². The lowest BCUT2D eigenvalue weighted by Crippen LogP contribution is -2.44. The fourth-order valence-corrected chi connectivity index (χ4v) is 4.18. The second kappa shape index (κ2) is 5.65. The number of nitrogens with zero attached hydrogens (tertiary/aromatic N) is 1. The molecule has 0 spiro atoms. The highest BCUT2D eigenvalue weighted by Gasteiger charge is 2.68. The van der Waals surface area contributed by atoms with Crippen molar-refractivity contribution < 1.29 is 23.9 Å². The molecule has 3 aliphatic heterocycles. The fraction of sp³-hybridized carbons (Fsp3) is 0.353. The zero-order chi connectivity index (χ0) is 17.9. The lowest BCUT2D eigenvalue weighted by atomic mass is 9.77. The number of halogens is 2. The summed E-state index contributed by atoms with van der Waals surface area (Å²) in [6, 6.07) is 4.91. The summed E-state index contributed by atoms with van der Waals surface area (Å²) in [6.07, 6.45) is 2.99. The first-order valence-corrected chi connectivity index (χ1v) is 8.84. The van der Waals surface area contributed by atoms with Crippen LogP contribution in [0.4, 0.5) is 5.69 Å². The van der Waals surface area contributed by atoms with Crippen molar-refractivity contribution >= 4 is 51.0 Å². The zero-order valence-electron chi connectivity index (χ0n) is 13.1. The highest BCUT2D eigenvalue weighted by Crippen LogP contribution is 2.52. The van der Waals surface area contributed by atoms with Crippen LogP contribution < -0.4 is 4.90 Å². The van der Waals surface area contributed by atoms with E-state index in [-0.39, 0.29) is 18.4 Å². The van der Waals surface area contributed by atoms with Crippen LogP contribution in [-0.2, 0) is 23.9 Å². The summed E-state index contributed by atoms with van der Waals surface area (Å²) in [7, 11) is 0. The first kappa shape index (κ1) is 16.8. The maximum atomic E-state index is 13.0. The van der Waals surface area contributed by atoms with E-state index in [1.165, 1.54) is 6.92 Å². The molecule has 25 heavy (non-hydrogen) atoms. The van der Waals surface area contributed by atoms with Crippen LogP contribution in [0.1, 0.15) is 6.92 Å². The number of fused-ring (bicyclic) bond motifs is 5. The Labute approximate surface area is 156 Å². The van der Waals surface area contributed by atoms with Gasteiger partial charge in [-0.3, -0.25) is 14.4 Å². The van der Waals surface area contributed by atoms with Crippen molar-refractivity contribution in [3.8, 4) is 0 Å². The predicted octanol–water partition coefficient (Wildman–Crippen LogP) is 2.48. The number of esters is 1. The topological polar surface area (TPSA) is 72.9 Å². The van der Waals surface area contributed by atoms with E-state index in [0.29, 0.717) is 15.2 Å². The number of carbonyl (C=O) groups is 3. The number of rotatable bonds is 3. The molecule has 130 valence electrons. The summed E-state index contributed by atoms with van der Waals surface area (Å²) in [5, 5.41) is 0.405. The molecular weight excluding hydrogens is 414 g/mol. The summed E-state index contributed by atoms with van der Waals surface area (Å²) < 4.78 is 11.6. The molecule has 1 aromatic carbocycles. The quantitative estimate of drug-likeness (QED) is 0.422. The number of hydrogen-bond donors (Lipinski definition) is 0. The summed E-state index contributed by atoms with van der Waals surface area (Å²) in [5.41, 5.74) is -0.665. The fourth-order valence-electron chi connectivity index (χ4n) is 3.76. The lowest BCUT2D eigenvalue weighted by Gasteiger charge is -2.28. The third kappa shape index (κ3) is 2.37. The van der Waals surface area contributed by atoms with E-state index < -0.39 is 29.5 Å². The van der Waals surface area contributed by atoms with E-state index >= 15 is 0 Å². The van der Waals surface area contributed by atoms with Gasteiger partial charge >= 0.3 is 5.97 Å². The van der Waals surface area contributed by atoms with Crippen LogP contribution in [0.15, 0.2) is 34.8 Å². The molecule has 0 saturated carbocycles. The van der Waals surface area contributed by atoms with Gasteiger partial charge in [0.05, 0.1) is 28.6 Å². The smallest absolute Gasteiger partial charge is 0.302 e. The molecule has 0 N–H and O–H groups in total. The molecule has 2 saturated heterocycles. The molecule has 0 aromatic heterocycles. The van der Waals surface area contributed by atoms with Gasteiger partial charge in [0, 0.05) is 11.4 Å². The highest BCUT2D eigenvalue weighted by atomic mass is 79.9. The van der Waals surface area contributed by atoms with E-state index in [9.17, 15) is 14.4 Å². The molecule has 8 heteroatoms. The van der Waals surface area contributed by atoms with Gasteiger partial charge in [-0.2, -0.15) is 0 Å². The molecule has 3 heterocycles. The Morgan fingerprint density at radius 1 is 1.40 bits per heavy atom. The molecule has 4 rings (SSSR count). The van der Waals surface area contributed by atoms with Crippen molar-refractivity contribution in [3.63, 3.8) is 0 Å². The average molecular weight is 427 g/mol. The zero-order valence-corrected chi connectivity index (χ0v) is 15.4. The third-order valence-electron chi connectivity index (χ3n) is 4.82. The maximum absolute atomic E-state index is 13.0. The Morgan fingerprint density at radius 3 is 2.84 bits per heavy atom. The van der Waals surface area contributed by atoms with Gasteiger partial charge in [-0.15, -0.1) is 0 Å². The lowest BCUT2D eigenvalue weighted by molar-refractivity contribution is -0.150. The SMILES string of the molecule is CC(=O)OC[C@@]12C=C[C@@H](O1)[C@@H]1C(=O)N(c3ccc(Br)c(Cl)c3)C(=O)[C@@H]12. The van der Waals surface area contributed by atoms with Gasteiger partial charge in [0.25, 0.3) is 0 Å². The van der Waals surface area contributed by atoms with Crippen LogP contribution in [0, 0.1) is 11.8 Å². The number of hydrogen-bond acceptors (Lipinski definition) is 5. The molecule has 2 bridgehead atoms. The Morgan fingerprint density at radius 2 is 2.16 bits per heavy atom. The molecule has 0 radical (unpaired) electrons. The molecule has 2 fully saturated rings. The van der Waals surface area contributed by atoms with E-state index in [0.717, 1.165) is 4.90 Å². The van der Waals surface area contributed by atoms with E-state index in [2.05, 4.69) is 15.9 Å². The second-order valence-electron chi connectivity index (χ2n) is 6.29. The normalized spacial score (nSPS) is 32.4. The monoisotopic (exact) mass is 425 g/mol. The van der Waals surface area contributed by atoms with Crippen LogP contribution in [0.3, 0.4) is 0 Å². The summed E-state index contributed by atoms with van der Waals surface area (Å²) in [6.45, 7) is 1.20. The van der Waals surface area contributed by atoms with Gasteiger partial charge in [-0.05, 0) is 40.2 Å². The Balaban J connectivity index is 1.70. The Bertz CT molecular complexity index is 840. The van der Waals surface area contributed by atoms with Crippen LogP contribution in [0.5, 0.6) is 0 Å². The first-order valence-electron chi connectivity index (χ1n) is 7.67. The van der Waals surface area contributed by atoms with Gasteiger partial charge in [0.1, 0.15) is 12.2 Å². The third-order valence-corrected chi connectivity index (χ3v) is 6.05. The number of carbonyl (C=O) groups excluding carboxylic acids is 3. The Kier molecular flexibility index (Phi) is 3.79. The average Bonchev–Trinajstić information content (AvgIpc) is 3.20. The van der Waals surface area contributed by atoms with Crippen LogP contribution in [-0.4, -0.2) is 36.1 Å². The first-order chi connectivity index (χ1) is 11.8. The largest absolute Gasteiger partial charge is 0.462 e. The number of benzene rings is 1. The van der Waals surface area contributed by atoms with Gasteiger partial charge in [-0.25, -0.2) is 4.90 Å². The van der Waals surface area contributed by atoms with Crippen molar-refractivity contribution in [2.45, 2.75) is 18.6 Å². The van der Waals surface area contributed by atoms with Gasteiger partial charge < -0.3 is 9.47 Å². The molecule has 0 unspecified atom stereocenters. The predicted molar refractivity (Wildman–Crippen MR) is 92.0 cm³/mol. The molecule has 6 nitrogen and oxygen atoms in total. The molecule has 0 aliphatic carbocycles. The minimum atomic E-state index is -1.08. The van der Waals surface area contributed by atoms with Crippen LogP contribution in [0.2, 0.25) is 5.02 Å². The van der Waals surface area contributed by atoms with Gasteiger partial charge in [-0.1, -0.05) is 17.7 Å². The van der Waals surface area contributed by atoms with Crippen LogP contribution >= 0.6 is 27.5 Å². The number of imide groups is 1. The van der Waals surface area contributed by atoms with E-state index in [1.807, 2.05) is 0 Å². The molecule has 2 amide bonds. The van der Waals surface area contributed by atoms with Crippen molar-refractivity contribution in [2.24, 2.45) is 11.8 Å². The van der Waals surface area contributed by atoms with Gasteiger partial charge in [0.2, 0.25) is 11.8 Å². The number of ether oxygens (including phenoxy) is 2. The molecular formula is C17H13BrClNO5. The van der Waals surface area contributed by atoms with Crippen molar-refractivity contribution in [1.29, 1.82) is 0 Å². The molecule has 1 aromatic rings. The van der Waals surface area contributed by atoms with Gasteiger partial charge in [0.15, 0.2) is 0 Å². The van der Waals surface area contributed by atoms with Crippen LogP contribution in [0.25, 0.3) is 0 Å². The second-order valence-corrected chi connectivity index (χ2v) is 7.55. The Hall–Kier alpha value is -1.70. The summed E-state index contributed by atoms with van der Waals surface area (Å²) in [5.74, 6) is -2.49. The minimum absolute atomic E-state index is 0.0928. The van der Waals surface area contributed by atoms with Crippen molar-refractivity contribution in [3.05, 3.63) is 39.8 Å². The minimum Gasteiger partial charge on any atom is -0.462 e. The summed E-state index contributed by atoms with van der Waals surface area (Å²) in [4.78, 5) is 38.3. The van der Waals surface area contributed by atoms with E-state index in [4.69, 9.17) is 21.1 Å². The molecule has 3 aliphatic rings. The highest BCUT2D eigenvalue weighted by molar-refractivity contribution is 9.10. The maximum Gasteiger partial charge on any atom is 0.302 e. The molecule has 4 atom stereocenters.